The van der Waals surface area contributed by atoms with Crippen molar-refractivity contribution < 1.29 is 4.39 Å². The highest BCUT2D eigenvalue weighted by molar-refractivity contribution is 5.48. The monoisotopic (exact) mass is 264 g/mol. The lowest BCUT2D eigenvalue weighted by atomic mass is 10.1. The van der Waals surface area contributed by atoms with E-state index in [4.69, 9.17) is 0 Å². The molecule has 0 bridgehead atoms. The fourth-order valence-corrected chi connectivity index (χ4v) is 2.48. The molecule has 1 aromatic carbocycles. The van der Waals surface area contributed by atoms with E-state index in [9.17, 15) is 4.39 Å². The average molecular weight is 264 g/mol. The number of nitrogens with one attached hydrogen (secondary N) is 1. The van der Waals surface area contributed by atoms with Gasteiger partial charge in [-0.05, 0) is 55.0 Å². The molecule has 1 saturated carbocycles. The number of anilines is 1. The molecule has 0 saturated heterocycles. The minimum absolute atomic E-state index is 0.138. The maximum atomic E-state index is 13.7. The molecule has 1 N–H and O–H groups in total. The first-order valence-electron chi connectivity index (χ1n) is 7.31. The van der Waals surface area contributed by atoms with Crippen molar-refractivity contribution in [3.8, 4) is 0 Å². The SMILES string of the molecule is CCCNCc1cc(F)cc(N(C)CC2CC2C)c1. The van der Waals surface area contributed by atoms with Gasteiger partial charge in [-0.25, -0.2) is 4.39 Å². The molecule has 3 heteroatoms. The summed E-state index contributed by atoms with van der Waals surface area (Å²) in [4.78, 5) is 2.18. The van der Waals surface area contributed by atoms with Crippen LogP contribution in [0, 0.1) is 17.7 Å². The van der Waals surface area contributed by atoms with Crippen molar-refractivity contribution in [2.75, 3.05) is 25.0 Å². The third-order valence-corrected chi connectivity index (χ3v) is 3.92. The smallest absolute Gasteiger partial charge is 0.125 e. The lowest BCUT2D eigenvalue weighted by Gasteiger charge is -2.20. The van der Waals surface area contributed by atoms with Gasteiger partial charge in [0.2, 0.25) is 0 Å². The number of nitrogens with zero attached hydrogens (tertiary/aromatic N) is 1. The van der Waals surface area contributed by atoms with Crippen LogP contribution < -0.4 is 10.2 Å². The molecule has 1 aliphatic carbocycles. The van der Waals surface area contributed by atoms with E-state index >= 15 is 0 Å². The van der Waals surface area contributed by atoms with Gasteiger partial charge in [-0.3, -0.25) is 0 Å². The molecule has 2 rings (SSSR count). The Morgan fingerprint density at radius 3 is 2.74 bits per heavy atom. The van der Waals surface area contributed by atoms with Gasteiger partial charge in [0.25, 0.3) is 0 Å². The molecule has 0 spiro atoms. The van der Waals surface area contributed by atoms with Gasteiger partial charge < -0.3 is 10.2 Å². The Labute approximate surface area is 116 Å². The Morgan fingerprint density at radius 1 is 1.37 bits per heavy atom. The maximum absolute atomic E-state index is 13.7. The summed E-state index contributed by atoms with van der Waals surface area (Å²) >= 11 is 0. The van der Waals surface area contributed by atoms with Gasteiger partial charge in [-0.1, -0.05) is 13.8 Å². The topological polar surface area (TPSA) is 15.3 Å². The minimum Gasteiger partial charge on any atom is -0.374 e. The second kappa shape index (κ2) is 6.38. The molecule has 1 fully saturated rings. The van der Waals surface area contributed by atoms with Crippen LogP contribution in [-0.4, -0.2) is 20.1 Å². The van der Waals surface area contributed by atoms with Crippen molar-refractivity contribution >= 4 is 5.69 Å². The lowest BCUT2D eigenvalue weighted by Crippen LogP contribution is -2.21. The molecule has 0 amide bonds. The zero-order valence-electron chi connectivity index (χ0n) is 12.2. The van der Waals surface area contributed by atoms with Gasteiger partial charge >= 0.3 is 0 Å². The van der Waals surface area contributed by atoms with E-state index in [2.05, 4.69) is 37.2 Å². The van der Waals surface area contributed by atoms with E-state index < -0.39 is 0 Å². The molecular weight excluding hydrogens is 239 g/mol. The summed E-state index contributed by atoms with van der Waals surface area (Å²) in [5.41, 5.74) is 2.02. The molecule has 1 aliphatic rings. The van der Waals surface area contributed by atoms with E-state index in [0.29, 0.717) is 0 Å². The van der Waals surface area contributed by atoms with Crippen molar-refractivity contribution in [1.29, 1.82) is 0 Å². The average Bonchev–Trinajstić information content (AvgIpc) is 3.04. The van der Waals surface area contributed by atoms with Crippen molar-refractivity contribution in [3.05, 3.63) is 29.6 Å². The quantitative estimate of drug-likeness (QED) is 0.759. The normalized spacial score (nSPS) is 21.5. The second-order valence-electron chi connectivity index (χ2n) is 5.85. The Morgan fingerprint density at radius 2 is 2.11 bits per heavy atom. The summed E-state index contributed by atoms with van der Waals surface area (Å²) in [5, 5.41) is 3.32. The van der Waals surface area contributed by atoms with Gasteiger partial charge in [0.05, 0.1) is 0 Å². The number of hydrogen-bond donors (Lipinski definition) is 1. The fraction of sp³-hybridized carbons (Fsp3) is 0.625. The highest BCUT2D eigenvalue weighted by atomic mass is 19.1. The zero-order valence-corrected chi connectivity index (χ0v) is 12.2. The lowest BCUT2D eigenvalue weighted by molar-refractivity contribution is 0.617. The van der Waals surface area contributed by atoms with E-state index in [0.717, 1.165) is 49.1 Å². The van der Waals surface area contributed by atoms with Crippen molar-refractivity contribution in [1.82, 2.24) is 5.32 Å². The van der Waals surface area contributed by atoms with Crippen LogP contribution in [0.4, 0.5) is 10.1 Å². The molecule has 0 heterocycles. The molecule has 0 radical (unpaired) electrons. The van der Waals surface area contributed by atoms with Gasteiger partial charge in [0.1, 0.15) is 5.82 Å². The third kappa shape index (κ3) is 4.20. The number of halogens is 1. The van der Waals surface area contributed by atoms with Crippen LogP contribution in [0.3, 0.4) is 0 Å². The largest absolute Gasteiger partial charge is 0.374 e. The van der Waals surface area contributed by atoms with Crippen molar-refractivity contribution in [2.24, 2.45) is 11.8 Å². The second-order valence-corrected chi connectivity index (χ2v) is 5.85. The number of hydrogen-bond acceptors (Lipinski definition) is 2. The Kier molecular flexibility index (Phi) is 4.81. The highest BCUT2D eigenvalue weighted by Crippen LogP contribution is 2.38. The predicted molar refractivity (Wildman–Crippen MR) is 78.9 cm³/mol. The summed E-state index contributed by atoms with van der Waals surface area (Å²) in [6.07, 6.45) is 2.41. The van der Waals surface area contributed by atoms with Gasteiger partial charge in [-0.2, -0.15) is 0 Å². The van der Waals surface area contributed by atoms with Gasteiger partial charge in [0.15, 0.2) is 0 Å². The van der Waals surface area contributed by atoms with Crippen LogP contribution in [0.15, 0.2) is 18.2 Å². The molecule has 106 valence electrons. The summed E-state index contributed by atoms with van der Waals surface area (Å²) in [6.45, 7) is 7.17. The summed E-state index contributed by atoms with van der Waals surface area (Å²) in [7, 11) is 2.06. The van der Waals surface area contributed by atoms with Crippen molar-refractivity contribution in [3.63, 3.8) is 0 Å². The van der Waals surface area contributed by atoms with Crippen LogP contribution in [0.25, 0.3) is 0 Å². The molecule has 2 unspecified atom stereocenters. The first kappa shape index (κ1) is 14.3. The Bertz CT molecular complexity index is 419. The molecule has 1 aromatic rings. The first-order valence-corrected chi connectivity index (χ1v) is 7.31. The number of rotatable bonds is 7. The van der Waals surface area contributed by atoms with E-state index in [1.54, 1.807) is 12.1 Å². The van der Waals surface area contributed by atoms with Crippen LogP contribution in [-0.2, 0) is 6.54 Å². The predicted octanol–water partition coefficient (Wildman–Crippen LogP) is 3.42. The van der Waals surface area contributed by atoms with E-state index in [1.165, 1.54) is 6.42 Å². The molecule has 0 aliphatic heterocycles. The third-order valence-electron chi connectivity index (χ3n) is 3.92. The molecule has 0 aromatic heterocycles. The fourth-order valence-electron chi connectivity index (χ4n) is 2.48. The highest BCUT2D eigenvalue weighted by Gasteiger charge is 2.33. The van der Waals surface area contributed by atoms with Crippen LogP contribution in [0.2, 0.25) is 0 Å². The summed E-state index contributed by atoms with van der Waals surface area (Å²) in [5.74, 6) is 1.48. The molecular formula is C16H25FN2. The van der Waals surface area contributed by atoms with E-state index in [1.807, 2.05) is 0 Å². The molecule has 2 nitrogen and oxygen atoms in total. The Hall–Kier alpha value is -1.09. The van der Waals surface area contributed by atoms with Crippen LogP contribution >= 0.6 is 0 Å². The first-order chi connectivity index (χ1) is 9.10. The van der Waals surface area contributed by atoms with Gasteiger partial charge in [0, 0.05) is 25.8 Å². The van der Waals surface area contributed by atoms with E-state index in [-0.39, 0.29) is 5.82 Å². The van der Waals surface area contributed by atoms with Crippen LogP contribution in [0.5, 0.6) is 0 Å². The Balaban J connectivity index is 1.98. The van der Waals surface area contributed by atoms with Crippen LogP contribution in [0.1, 0.15) is 32.3 Å². The number of benzene rings is 1. The van der Waals surface area contributed by atoms with Gasteiger partial charge in [-0.15, -0.1) is 0 Å². The maximum Gasteiger partial charge on any atom is 0.125 e. The minimum atomic E-state index is -0.138. The molecule has 2 atom stereocenters. The standard InChI is InChI=1S/C16H25FN2/c1-4-5-18-10-13-7-15(17)9-16(8-13)19(3)11-14-6-12(14)2/h7-9,12,14,18H,4-6,10-11H2,1-3H3. The van der Waals surface area contributed by atoms with Crippen molar-refractivity contribution in [2.45, 2.75) is 33.2 Å². The zero-order chi connectivity index (χ0) is 13.8. The molecule has 19 heavy (non-hydrogen) atoms. The summed E-state index contributed by atoms with van der Waals surface area (Å²) in [6, 6.07) is 5.36. The summed E-state index contributed by atoms with van der Waals surface area (Å²) < 4.78 is 13.7.